The lowest BCUT2D eigenvalue weighted by atomic mass is 10.1. The second-order valence-electron chi connectivity index (χ2n) is 6.01. The van der Waals surface area contributed by atoms with Gasteiger partial charge in [0.25, 0.3) is 0 Å². The molecule has 116 valence electrons. The molecule has 0 atom stereocenters. The Morgan fingerprint density at radius 1 is 1.10 bits per heavy atom. The topological polar surface area (TPSA) is 57.7 Å². The van der Waals surface area contributed by atoms with Gasteiger partial charge in [0.2, 0.25) is 15.9 Å². The molecule has 7 heteroatoms. The molecule has 1 aliphatic heterocycles. The Morgan fingerprint density at radius 2 is 1.67 bits per heavy atom. The number of carbonyl (C=O) groups excluding carboxylic acids is 1. The van der Waals surface area contributed by atoms with Crippen molar-refractivity contribution in [3.8, 4) is 0 Å². The van der Waals surface area contributed by atoms with Crippen molar-refractivity contribution in [2.24, 2.45) is 0 Å². The third kappa shape index (κ3) is 3.39. The van der Waals surface area contributed by atoms with Crippen molar-refractivity contribution in [2.75, 3.05) is 19.6 Å². The monoisotopic (exact) mass is 330 g/mol. The van der Waals surface area contributed by atoms with Gasteiger partial charge in [-0.3, -0.25) is 4.79 Å². The van der Waals surface area contributed by atoms with E-state index in [-0.39, 0.29) is 22.9 Å². The van der Waals surface area contributed by atoms with Crippen LogP contribution in [0, 0.1) is 0 Å². The molecule has 1 heterocycles. The molecule has 1 aromatic rings. The summed E-state index contributed by atoms with van der Waals surface area (Å²) in [6.07, 6.45) is 0. The van der Waals surface area contributed by atoms with Crippen LogP contribution in [0.25, 0.3) is 0 Å². The maximum Gasteiger partial charge on any atom is 0.243 e. The van der Waals surface area contributed by atoms with Crippen molar-refractivity contribution >= 4 is 27.5 Å². The first-order valence-corrected chi connectivity index (χ1v) is 8.50. The minimum atomic E-state index is -3.65. The summed E-state index contributed by atoms with van der Waals surface area (Å²) in [6, 6.07) is 5.97. The van der Waals surface area contributed by atoms with E-state index in [0.717, 1.165) is 0 Å². The summed E-state index contributed by atoms with van der Waals surface area (Å²) in [7, 11) is -3.65. The first-order valence-electron chi connectivity index (χ1n) is 6.68. The molecule has 1 amide bonds. The third-order valence-electron chi connectivity index (χ3n) is 3.45. The van der Waals surface area contributed by atoms with Crippen molar-refractivity contribution in [2.45, 2.75) is 31.2 Å². The quantitative estimate of drug-likeness (QED) is 0.833. The van der Waals surface area contributed by atoms with Crippen LogP contribution in [0.5, 0.6) is 0 Å². The number of piperazine rings is 1. The number of nitrogens with zero attached hydrogens (tertiary/aromatic N) is 2. The van der Waals surface area contributed by atoms with Gasteiger partial charge in [0.05, 0.1) is 11.4 Å². The maximum atomic E-state index is 12.5. The van der Waals surface area contributed by atoms with E-state index in [9.17, 15) is 13.2 Å². The summed E-state index contributed by atoms with van der Waals surface area (Å²) in [5.41, 5.74) is -0.298. The molecule has 0 aromatic heterocycles. The molecule has 1 fully saturated rings. The number of amides is 1. The molecule has 1 aromatic carbocycles. The Hall–Kier alpha value is -1.11. The molecule has 0 radical (unpaired) electrons. The lowest BCUT2D eigenvalue weighted by Crippen LogP contribution is -2.57. The lowest BCUT2D eigenvalue weighted by Gasteiger charge is -2.41. The van der Waals surface area contributed by atoms with Gasteiger partial charge in [-0.2, -0.15) is 4.31 Å². The standard InChI is InChI=1S/C14H19ClN2O3S/c1-14(2,3)17-9-8-16(10-13(17)18)21(19,20)12-6-4-11(15)5-7-12/h4-7H,8-10H2,1-3H3. The molecular weight excluding hydrogens is 312 g/mol. The Labute approximate surface area is 130 Å². The van der Waals surface area contributed by atoms with E-state index in [1.165, 1.54) is 28.6 Å². The minimum absolute atomic E-state index is 0.123. The summed E-state index contributed by atoms with van der Waals surface area (Å²) < 4.78 is 26.2. The summed E-state index contributed by atoms with van der Waals surface area (Å²) in [4.78, 5) is 14.0. The zero-order valence-corrected chi connectivity index (χ0v) is 13.9. The highest BCUT2D eigenvalue weighted by Gasteiger charge is 2.36. The molecule has 0 saturated carbocycles. The molecule has 21 heavy (non-hydrogen) atoms. The number of sulfonamides is 1. The van der Waals surface area contributed by atoms with Gasteiger partial charge in [-0.05, 0) is 45.0 Å². The number of hydrogen-bond donors (Lipinski definition) is 0. The van der Waals surface area contributed by atoms with Crippen LogP contribution in [-0.4, -0.2) is 48.7 Å². The third-order valence-corrected chi connectivity index (χ3v) is 5.56. The maximum absolute atomic E-state index is 12.5. The van der Waals surface area contributed by atoms with Gasteiger partial charge in [-0.1, -0.05) is 11.6 Å². The van der Waals surface area contributed by atoms with Crippen molar-refractivity contribution in [1.29, 1.82) is 0 Å². The van der Waals surface area contributed by atoms with Crippen molar-refractivity contribution < 1.29 is 13.2 Å². The van der Waals surface area contributed by atoms with Gasteiger partial charge in [0.1, 0.15) is 0 Å². The van der Waals surface area contributed by atoms with Gasteiger partial charge < -0.3 is 4.90 Å². The smallest absolute Gasteiger partial charge is 0.243 e. The molecule has 0 spiro atoms. The van der Waals surface area contributed by atoms with E-state index in [4.69, 9.17) is 11.6 Å². The second-order valence-corrected chi connectivity index (χ2v) is 8.38. The fourth-order valence-corrected chi connectivity index (χ4v) is 3.83. The van der Waals surface area contributed by atoms with Crippen LogP contribution in [0.15, 0.2) is 29.2 Å². The molecule has 0 aliphatic carbocycles. The Bertz CT molecular complexity index is 635. The summed E-state index contributed by atoms with van der Waals surface area (Å²) >= 11 is 5.77. The van der Waals surface area contributed by atoms with E-state index in [0.29, 0.717) is 18.1 Å². The highest BCUT2D eigenvalue weighted by molar-refractivity contribution is 7.89. The molecule has 1 saturated heterocycles. The molecule has 5 nitrogen and oxygen atoms in total. The molecule has 2 rings (SSSR count). The SMILES string of the molecule is CC(C)(C)N1CCN(S(=O)(=O)c2ccc(Cl)cc2)CC1=O. The van der Waals surface area contributed by atoms with Gasteiger partial charge in [0, 0.05) is 23.7 Å². The normalized spacial score (nSPS) is 18.1. The van der Waals surface area contributed by atoms with Gasteiger partial charge in [-0.15, -0.1) is 0 Å². The van der Waals surface area contributed by atoms with Crippen molar-refractivity contribution in [3.63, 3.8) is 0 Å². The molecule has 0 unspecified atom stereocenters. The van der Waals surface area contributed by atoms with Gasteiger partial charge in [0.15, 0.2) is 0 Å². The zero-order chi connectivity index (χ0) is 15.8. The van der Waals surface area contributed by atoms with Crippen molar-refractivity contribution in [3.05, 3.63) is 29.3 Å². The van der Waals surface area contributed by atoms with E-state index in [2.05, 4.69) is 0 Å². The summed E-state index contributed by atoms with van der Waals surface area (Å²) in [5, 5.41) is 0.475. The number of benzene rings is 1. The average Bonchev–Trinajstić information content (AvgIpc) is 2.37. The summed E-state index contributed by atoms with van der Waals surface area (Å²) in [6.45, 7) is 6.39. The van der Waals surface area contributed by atoms with Gasteiger partial charge in [-0.25, -0.2) is 8.42 Å². The molecule has 0 N–H and O–H groups in total. The zero-order valence-electron chi connectivity index (χ0n) is 12.3. The molecule has 1 aliphatic rings. The fourth-order valence-electron chi connectivity index (χ4n) is 2.32. The number of carbonyl (C=O) groups is 1. The van der Waals surface area contributed by atoms with Crippen LogP contribution in [0.3, 0.4) is 0 Å². The van der Waals surface area contributed by atoms with Gasteiger partial charge >= 0.3 is 0 Å². The van der Waals surface area contributed by atoms with E-state index >= 15 is 0 Å². The summed E-state index contributed by atoms with van der Waals surface area (Å²) in [5.74, 6) is -0.175. The largest absolute Gasteiger partial charge is 0.335 e. The van der Waals surface area contributed by atoms with E-state index < -0.39 is 10.0 Å². The van der Waals surface area contributed by atoms with E-state index in [1.807, 2.05) is 20.8 Å². The Morgan fingerprint density at radius 3 is 2.14 bits per heavy atom. The Kier molecular flexibility index (Phi) is 4.33. The minimum Gasteiger partial charge on any atom is -0.335 e. The first kappa shape index (κ1) is 16.3. The Balaban J connectivity index is 2.21. The average molecular weight is 331 g/mol. The van der Waals surface area contributed by atoms with Crippen molar-refractivity contribution in [1.82, 2.24) is 9.21 Å². The number of halogens is 1. The van der Waals surface area contributed by atoms with Crippen LogP contribution >= 0.6 is 11.6 Å². The number of rotatable bonds is 2. The van der Waals surface area contributed by atoms with Crippen LogP contribution in [0.4, 0.5) is 0 Å². The predicted molar refractivity (Wildman–Crippen MR) is 81.7 cm³/mol. The molecule has 0 bridgehead atoms. The van der Waals surface area contributed by atoms with Crippen LogP contribution < -0.4 is 0 Å². The van der Waals surface area contributed by atoms with Crippen LogP contribution in [0.2, 0.25) is 5.02 Å². The first-order chi connectivity index (χ1) is 9.62. The van der Waals surface area contributed by atoms with E-state index in [1.54, 1.807) is 4.90 Å². The highest BCUT2D eigenvalue weighted by atomic mass is 35.5. The highest BCUT2D eigenvalue weighted by Crippen LogP contribution is 2.23. The lowest BCUT2D eigenvalue weighted by molar-refractivity contribution is -0.139. The van der Waals surface area contributed by atoms with Crippen LogP contribution in [0.1, 0.15) is 20.8 Å². The second kappa shape index (κ2) is 5.59. The molecular formula is C14H19ClN2O3S. The predicted octanol–water partition coefficient (Wildman–Crippen LogP) is 1.97. The number of hydrogen-bond acceptors (Lipinski definition) is 3. The van der Waals surface area contributed by atoms with Crippen LogP contribution in [-0.2, 0) is 14.8 Å². The fraction of sp³-hybridized carbons (Fsp3) is 0.500.